The predicted molar refractivity (Wildman–Crippen MR) is 119 cm³/mol. The Morgan fingerprint density at radius 1 is 1.17 bits per heavy atom. The Kier molecular flexibility index (Phi) is 7.18. The number of imidazole rings is 1. The molecule has 2 N–H and O–H groups in total. The maximum absolute atomic E-state index is 12.7. The molecule has 0 aliphatic carbocycles. The van der Waals surface area contributed by atoms with E-state index in [1.54, 1.807) is 6.20 Å². The van der Waals surface area contributed by atoms with Crippen LogP contribution in [0.25, 0.3) is 0 Å². The highest BCUT2D eigenvalue weighted by Crippen LogP contribution is 2.24. The van der Waals surface area contributed by atoms with Gasteiger partial charge in [0.25, 0.3) is 0 Å². The lowest BCUT2D eigenvalue weighted by atomic mass is 9.93. The van der Waals surface area contributed by atoms with E-state index >= 15 is 0 Å². The monoisotopic (exact) mass is 409 g/mol. The molecule has 0 unspecified atom stereocenters. The summed E-state index contributed by atoms with van der Waals surface area (Å²) in [7, 11) is 0. The number of piperidine rings is 2. The highest BCUT2D eigenvalue weighted by molar-refractivity contribution is 5.78. The van der Waals surface area contributed by atoms with Crippen molar-refractivity contribution in [3.63, 3.8) is 0 Å². The first-order chi connectivity index (χ1) is 14.7. The summed E-state index contributed by atoms with van der Waals surface area (Å²) in [6.45, 7) is 7.99. The van der Waals surface area contributed by atoms with Crippen molar-refractivity contribution in [2.45, 2.75) is 51.6 Å². The number of aryl methyl sites for hydroxylation is 1. The minimum atomic E-state index is 0.103. The number of H-pyrrole nitrogens is 1. The number of benzene rings is 1. The van der Waals surface area contributed by atoms with Gasteiger partial charge in [0.2, 0.25) is 5.91 Å². The number of hydrogen-bond acceptors (Lipinski definition) is 4. The van der Waals surface area contributed by atoms with E-state index in [-0.39, 0.29) is 11.8 Å². The van der Waals surface area contributed by atoms with Crippen LogP contribution in [0.3, 0.4) is 0 Å². The molecule has 0 bridgehead atoms. The van der Waals surface area contributed by atoms with Crippen LogP contribution in [0.1, 0.15) is 42.8 Å². The summed E-state index contributed by atoms with van der Waals surface area (Å²) in [5.74, 6) is 1.11. The molecule has 1 aromatic heterocycles. The molecule has 162 valence electrons. The summed E-state index contributed by atoms with van der Waals surface area (Å²) < 4.78 is 0. The lowest BCUT2D eigenvalue weighted by Crippen LogP contribution is -2.50. The molecule has 1 aromatic carbocycles. The summed E-state index contributed by atoms with van der Waals surface area (Å²) in [5, 5.41) is 3.08. The molecule has 30 heavy (non-hydrogen) atoms. The maximum atomic E-state index is 12.7. The van der Waals surface area contributed by atoms with E-state index in [9.17, 15) is 4.79 Å². The van der Waals surface area contributed by atoms with Gasteiger partial charge in [-0.3, -0.25) is 9.69 Å². The van der Waals surface area contributed by atoms with Crippen LogP contribution in [0.4, 0.5) is 0 Å². The Morgan fingerprint density at radius 2 is 1.97 bits per heavy atom. The molecule has 2 saturated heterocycles. The van der Waals surface area contributed by atoms with Crippen molar-refractivity contribution >= 4 is 5.91 Å². The van der Waals surface area contributed by atoms with Gasteiger partial charge in [0.15, 0.2) is 0 Å². The topological polar surface area (TPSA) is 64.3 Å². The maximum Gasteiger partial charge on any atom is 0.224 e. The molecule has 6 nitrogen and oxygen atoms in total. The Balaban J connectivity index is 1.19. The SMILES string of the molecule is Cc1cnc(CNC(=O)[C@H]2CCCN(C3CCN(CCc4ccccc4)CC3)C2)[nH]1. The van der Waals surface area contributed by atoms with Crippen molar-refractivity contribution in [3.8, 4) is 0 Å². The molecule has 1 atom stereocenters. The number of hydrogen-bond donors (Lipinski definition) is 2. The smallest absolute Gasteiger partial charge is 0.224 e. The average Bonchev–Trinajstić information content (AvgIpc) is 3.22. The lowest BCUT2D eigenvalue weighted by Gasteiger charge is -2.42. The summed E-state index contributed by atoms with van der Waals surface area (Å²) >= 11 is 0. The zero-order valence-electron chi connectivity index (χ0n) is 18.1. The van der Waals surface area contributed by atoms with E-state index < -0.39 is 0 Å². The van der Waals surface area contributed by atoms with E-state index in [2.05, 4.69) is 55.4 Å². The zero-order chi connectivity index (χ0) is 20.8. The highest BCUT2D eigenvalue weighted by atomic mass is 16.1. The first kappa shape index (κ1) is 21.1. The number of likely N-dealkylation sites (tertiary alicyclic amines) is 2. The van der Waals surface area contributed by atoms with Gasteiger partial charge in [-0.05, 0) is 64.2 Å². The number of nitrogens with zero attached hydrogens (tertiary/aromatic N) is 3. The molecule has 1 amide bonds. The van der Waals surface area contributed by atoms with E-state index in [1.807, 2.05) is 6.92 Å². The number of aromatic amines is 1. The third-order valence-corrected chi connectivity index (χ3v) is 6.64. The Morgan fingerprint density at radius 3 is 2.70 bits per heavy atom. The summed E-state index contributed by atoms with van der Waals surface area (Å²) in [6.07, 6.45) is 7.48. The van der Waals surface area contributed by atoms with Gasteiger partial charge in [0.05, 0.1) is 12.5 Å². The quantitative estimate of drug-likeness (QED) is 0.738. The largest absolute Gasteiger partial charge is 0.349 e. The van der Waals surface area contributed by atoms with E-state index in [0.29, 0.717) is 12.6 Å². The molecule has 0 radical (unpaired) electrons. The molecule has 2 aliphatic rings. The normalized spacial score (nSPS) is 21.6. The van der Waals surface area contributed by atoms with Crippen LogP contribution in [0.5, 0.6) is 0 Å². The molecule has 2 fully saturated rings. The molecule has 6 heteroatoms. The molecule has 0 saturated carbocycles. The van der Waals surface area contributed by atoms with E-state index in [4.69, 9.17) is 0 Å². The fourth-order valence-electron chi connectivity index (χ4n) is 4.86. The predicted octanol–water partition coefficient (Wildman–Crippen LogP) is 2.75. The first-order valence-corrected chi connectivity index (χ1v) is 11.5. The second-order valence-electron chi connectivity index (χ2n) is 8.87. The number of rotatable bonds is 7. The Bertz CT molecular complexity index is 797. The van der Waals surface area contributed by atoms with Crippen molar-refractivity contribution in [1.29, 1.82) is 0 Å². The van der Waals surface area contributed by atoms with Gasteiger partial charge in [-0.2, -0.15) is 0 Å². The number of nitrogens with one attached hydrogen (secondary N) is 2. The van der Waals surface area contributed by atoms with Crippen LogP contribution in [0.15, 0.2) is 36.5 Å². The molecular weight excluding hydrogens is 374 g/mol. The van der Waals surface area contributed by atoms with Crippen molar-refractivity contribution in [3.05, 3.63) is 53.6 Å². The van der Waals surface area contributed by atoms with Crippen molar-refractivity contribution in [2.24, 2.45) is 5.92 Å². The summed E-state index contributed by atoms with van der Waals surface area (Å²) in [4.78, 5) is 25.3. The summed E-state index contributed by atoms with van der Waals surface area (Å²) in [6, 6.07) is 11.4. The summed E-state index contributed by atoms with van der Waals surface area (Å²) in [5.41, 5.74) is 2.45. The third-order valence-electron chi connectivity index (χ3n) is 6.64. The lowest BCUT2D eigenvalue weighted by molar-refractivity contribution is -0.127. The number of carbonyl (C=O) groups excluding carboxylic acids is 1. The van der Waals surface area contributed by atoms with Crippen molar-refractivity contribution < 1.29 is 4.79 Å². The molecule has 3 heterocycles. The van der Waals surface area contributed by atoms with Crippen LogP contribution < -0.4 is 5.32 Å². The first-order valence-electron chi connectivity index (χ1n) is 11.5. The van der Waals surface area contributed by atoms with Gasteiger partial charge in [-0.25, -0.2) is 4.98 Å². The molecule has 0 spiro atoms. The van der Waals surface area contributed by atoms with E-state index in [1.165, 1.54) is 31.5 Å². The van der Waals surface area contributed by atoms with Gasteiger partial charge in [-0.15, -0.1) is 0 Å². The zero-order valence-corrected chi connectivity index (χ0v) is 18.1. The van der Waals surface area contributed by atoms with Crippen LogP contribution in [-0.2, 0) is 17.8 Å². The molecular formula is C24H35N5O. The van der Waals surface area contributed by atoms with Crippen molar-refractivity contribution in [2.75, 3.05) is 32.7 Å². The van der Waals surface area contributed by atoms with Crippen LogP contribution in [-0.4, -0.2) is 64.4 Å². The number of aromatic nitrogens is 2. The fourth-order valence-corrected chi connectivity index (χ4v) is 4.86. The second kappa shape index (κ2) is 10.2. The van der Waals surface area contributed by atoms with Gasteiger partial charge in [0, 0.05) is 31.0 Å². The number of carbonyl (C=O) groups is 1. The number of amides is 1. The standard InChI is InChI=1S/C24H35N5O/c1-19-16-25-23(27-19)17-26-24(30)21-8-5-12-29(18-21)22-10-14-28(15-11-22)13-9-20-6-3-2-4-7-20/h2-4,6-7,16,21-22H,5,8-15,17-18H2,1H3,(H,25,27)(H,26,30)/t21-/m0/s1. The molecule has 2 aliphatic heterocycles. The van der Waals surface area contributed by atoms with Crippen LogP contribution in [0.2, 0.25) is 0 Å². The van der Waals surface area contributed by atoms with Gasteiger partial charge in [-0.1, -0.05) is 30.3 Å². The molecule has 2 aromatic rings. The van der Waals surface area contributed by atoms with E-state index in [0.717, 1.165) is 50.4 Å². The van der Waals surface area contributed by atoms with Crippen LogP contribution in [0, 0.1) is 12.8 Å². The minimum Gasteiger partial charge on any atom is -0.349 e. The second-order valence-corrected chi connectivity index (χ2v) is 8.87. The average molecular weight is 410 g/mol. The Hall–Kier alpha value is -2.18. The fraction of sp³-hybridized carbons (Fsp3) is 0.583. The third kappa shape index (κ3) is 5.70. The Labute approximate surface area is 180 Å². The minimum absolute atomic E-state index is 0.103. The highest BCUT2D eigenvalue weighted by Gasteiger charge is 2.31. The van der Waals surface area contributed by atoms with Gasteiger partial charge in [0.1, 0.15) is 5.82 Å². The molecule has 4 rings (SSSR count). The van der Waals surface area contributed by atoms with Gasteiger partial charge >= 0.3 is 0 Å². The van der Waals surface area contributed by atoms with Gasteiger partial charge < -0.3 is 15.2 Å². The van der Waals surface area contributed by atoms with Crippen molar-refractivity contribution in [1.82, 2.24) is 25.1 Å². The van der Waals surface area contributed by atoms with Crippen LogP contribution >= 0.6 is 0 Å².